The molecule has 1 aliphatic rings. The Morgan fingerprint density at radius 3 is 1.83 bits per heavy atom. The molecule has 2 aromatic carbocycles. The van der Waals surface area contributed by atoms with Gasteiger partial charge in [-0.05, 0) is 48.5 Å². The molecular formula is C18H21N5NaO10S2. The molecule has 0 saturated carbocycles. The third-order valence-corrected chi connectivity index (χ3v) is 5.80. The zero-order valence-electron chi connectivity index (χ0n) is 18.5. The number of aliphatic carboxylic acids is 1. The van der Waals surface area contributed by atoms with Crippen LogP contribution in [0.5, 0.6) is 0 Å². The average molecular weight is 555 g/mol. The number of hydrogen-bond acceptors (Lipinski definition) is 11. The van der Waals surface area contributed by atoms with Gasteiger partial charge in [0.15, 0.2) is 5.71 Å². The van der Waals surface area contributed by atoms with E-state index < -0.39 is 53.7 Å². The molecule has 191 valence electrons. The van der Waals surface area contributed by atoms with E-state index in [9.17, 15) is 31.5 Å². The van der Waals surface area contributed by atoms with Gasteiger partial charge < -0.3 is 15.9 Å². The Hall–Kier alpha value is -2.61. The van der Waals surface area contributed by atoms with Crippen LogP contribution in [-0.4, -0.2) is 102 Å². The Balaban J connectivity index is 0.00000201. The fourth-order valence-corrected chi connectivity index (χ4v) is 3.42. The summed E-state index contributed by atoms with van der Waals surface area (Å²) in [6, 6.07) is 7.07. The van der Waals surface area contributed by atoms with Crippen molar-refractivity contribution < 1.29 is 47.2 Å². The Morgan fingerprint density at radius 2 is 1.44 bits per heavy atom. The van der Waals surface area contributed by atoms with Gasteiger partial charge in [-0.15, -0.1) is 0 Å². The molecule has 1 radical (unpaired) electrons. The van der Waals surface area contributed by atoms with E-state index in [-0.39, 0.29) is 49.0 Å². The van der Waals surface area contributed by atoms with Gasteiger partial charge in [-0.2, -0.15) is 37.2 Å². The number of hydrazone groups is 1. The van der Waals surface area contributed by atoms with Crippen LogP contribution in [-0.2, 0) is 29.8 Å². The van der Waals surface area contributed by atoms with E-state index in [1.54, 1.807) is 0 Å². The monoisotopic (exact) mass is 554 g/mol. The minimum atomic E-state index is -4.46. The van der Waals surface area contributed by atoms with Crippen molar-refractivity contribution in [3.8, 4) is 0 Å². The number of rotatable bonds is 7. The van der Waals surface area contributed by atoms with Gasteiger partial charge in [-0.3, -0.25) is 13.9 Å². The first-order valence-electron chi connectivity index (χ1n) is 9.32. The largest absolute Gasteiger partial charge is 0.477 e. The number of carbonyl (C=O) groups excluding carboxylic acids is 1. The van der Waals surface area contributed by atoms with E-state index in [4.69, 9.17) is 19.9 Å². The summed E-state index contributed by atoms with van der Waals surface area (Å²) in [5, 5.41) is 28.9. The number of nitrogens with two attached hydrogens (primary N) is 1. The summed E-state index contributed by atoms with van der Waals surface area (Å²) in [4.78, 5) is 23.3. The van der Waals surface area contributed by atoms with Crippen molar-refractivity contribution in [2.24, 2.45) is 21.1 Å². The molecule has 0 saturated heterocycles. The second-order valence-electron chi connectivity index (χ2n) is 6.51. The fourth-order valence-electron chi connectivity index (χ4n) is 2.46. The van der Waals surface area contributed by atoms with Crippen LogP contribution in [0.1, 0.15) is 1.43 Å². The number of benzene rings is 2. The number of carboxylic acids is 1. The number of azo groups is 1. The molecule has 1 amide bonds. The Labute approximate surface area is 228 Å². The molecule has 1 heterocycles. The average Bonchev–Trinajstić information content (AvgIpc) is 3.13. The molecule has 36 heavy (non-hydrogen) atoms. The summed E-state index contributed by atoms with van der Waals surface area (Å²) in [5.41, 5.74) is 4.22. The summed E-state index contributed by atoms with van der Waals surface area (Å²) in [6.07, 6.45) is 0. The maximum atomic E-state index is 12.6. The van der Waals surface area contributed by atoms with Crippen LogP contribution in [0.25, 0.3) is 0 Å². The van der Waals surface area contributed by atoms with Crippen molar-refractivity contribution in [2.75, 3.05) is 18.2 Å². The van der Waals surface area contributed by atoms with Crippen molar-refractivity contribution in [1.82, 2.24) is 0 Å². The van der Waals surface area contributed by atoms with Crippen molar-refractivity contribution >= 4 is 78.8 Å². The summed E-state index contributed by atoms with van der Waals surface area (Å²) >= 11 is 0. The van der Waals surface area contributed by atoms with Crippen molar-refractivity contribution in [1.29, 1.82) is 0 Å². The third-order valence-electron chi connectivity index (χ3n) is 4.06. The Morgan fingerprint density at radius 1 is 1.00 bits per heavy atom. The second kappa shape index (κ2) is 13.1. The van der Waals surface area contributed by atoms with Crippen molar-refractivity contribution in [2.45, 2.75) is 15.8 Å². The summed E-state index contributed by atoms with van der Waals surface area (Å²) in [5.74, 6) is -2.44. The molecule has 6 N–H and O–H groups in total. The number of carboxylic acid groups (broad SMARTS) is 1. The van der Waals surface area contributed by atoms with E-state index >= 15 is 0 Å². The van der Waals surface area contributed by atoms with Crippen molar-refractivity contribution in [3.63, 3.8) is 0 Å². The van der Waals surface area contributed by atoms with Crippen LogP contribution in [0.3, 0.4) is 0 Å². The zero-order valence-corrected chi connectivity index (χ0v) is 22.2. The van der Waals surface area contributed by atoms with E-state index in [2.05, 4.69) is 15.3 Å². The van der Waals surface area contributed by atoms with Gasteiger partial charge in [0, 0.05) is 37.5 Å². The molecule has 0 spiro atoms. The van der Waals surface area contributed by atoms with E-state index in [1.165, 1.54) is 12.1 Å². The van der Waals surface area contributed by atoms with Gasteiger partial charge in [-0.1, -0.05) is 0 Å². The van der Waals surface area contributed by atoms with Crippen LogP contribution in [0.15, 0.2) is 73.7 Å². The first kappa shape index (κ1) is 31.4. The van der Waals surface area contributed by atoms with Crippen LogP contribution in [0.2, 0.25) is 0 Å². The fraction of sp³-hybridized carbons (Fsp3) is 0.167. The molecule has 18 heteroatoms. The molecule has 0 fully saturated rings. The number of hydrogen-bond donors (Lipinski definition) is 5. The minimum absolute atomic E-state index is 0. The molecule has 0 bridgehead atoms. The van der Waals surface area contributed by atoms with Crippen molar-refractivity contribution in [3.05, 3.63) is 48.5 Å². The molecular weight excluding hydrogens is 533 g/mol. The molecule has 1 aliphatic heterocycles. The first-order chi connectivity index (χ1) is 16.3. The maximum Gasteiger partial charge on any atom is 0.355 e. The van der Waals surface area contributed by atoms with Gasteiger partial charge in [-0.25, -0.2) is 4.79 Å². The minimum Gasteiger partial charge on any atom is -0.477 e. The van der Waals surface area contributed by atoms with E-state index in [1.807, 2.05) is 0 Å². The topological polar surface area (TPSA) is 250 Å². The van der Waals surface area contributed by atoms with Gasteiger partial charge in [0.05, 0.1) is 27.8 Å². The number of anilines is 1. The van der Waals surface area contributed by atoms with E-state index in [0.29, 0.717) is 11.6 Å². The molecule has 1 atom stereocenters. The Kier molecular flexibility index (Phi) is 11.4. The number of nitrogens with zero attached hydrogens (tertiary/aromatic N) is 4. The number of aliphatic hydroxyl groups is 1. The summed E-state index contributed by atoms with van der Waals surface area (Å²) in [7, 11) is -8.88. The van der Waals surface area contributed by atoms with Crippen LogP contribution >= 0.6 is 0 Å². The second-order valence-corrected chi connectivity index (χ2v) is 9.35. The number of aliphatic hydroxyl groups excluding tert-OH is 1. The molecule has 3 rings (SSSR count). The van der Waals surface area contributed by atoms with Crippen LogP contribution in [0.4, 0.5) is 11.4 Å². The maximum absolute atomic E-state index is 12.6. The molecule has 1 unspecified atom stereocenters. The third kappa shape index (κ3) is 8.22. The quantitative estimate of drug-likeness (QED) is 0.172. The van der Waals surface area contributed by atoms with Gasteiger partial charge in [0.25, 0.3) is 26.1 Å². The van der Waals surface area contributed by atoms with Gasteiger partial charge >= 0.3 is 5.97 Å². The standard InChI is InChI=1S/C16H12N4O9S2.C2H7NO.Na.H2/c21-15-13(18-17-9-1-5-11(6-2-9)30(24,25)26)14(16(22)23)19-20(15)10-3-7-12(8-4-10)31(27,28)29;3-1-2-4;;/h1-8,13H,(H,22,23)(H,24,25,26)(H,27,28,29);4H,1-3H2;;1H. The number of carbonyl (C=O) groups is 2. The molecule has 0 aromatic heterocycles. The summed E-state index contributed by atoms with van der Waals surface area (Å²) in [6.45, 7) is 0.472. The van der Waals surface area contributed by atoms with Gasteiger partial charge in [0.1, 0.15) is 0 Å². The van der Waals surface area contributed by atoms with Gasteiger partial charge in [0.2, 0.25) is 6.04 Å². The molecule has 15 nitrogen and oxygen atoms in total. The van der Waals surface area contributed by atoms with Crippen LogP contribution in [0, 0.1) is 0 Å². The zero-order chi connectivity index (χ0) is 26.4. The molecule has 2 aromatic rings. The predicted molar refractivity (Wildman–Crippen MR) is 127 cm³/mol. The number of amides is 1. The smallest absolute Gasteiger partial charge is 0.355 e. The SMILES string of the molecule is NCCO.O=C(O)C1=NN(c2ccc(S(=O)(=O)O)cc2)C(=O)C1N=Nc1ccc(S(=O)(=O)O)cc1.[HH].[Na]. The predicted octanol–water partition coefficient (Wildman–Crippen LogP) is -0.0777. The van der Waals surface area contributed by atoms with Crippen LogP contribution < -0.4 is 10.7 Å². The van der Waals surface area contributed by atoms with E-state index in [0.717, 1.165) is 36.4 Å². The Bertz CT molecular complexity index is 1370. The normalized spacial score (nSPS) is 15.7. The first-order valence-corrected chi connectivity index (χ1v) is 12.2. The molecule has 0 aliphatic carbocycles. The summed E-state index contributed by atoms with van der Waals surface area (Å²) < 4.78 is 62.3.